The zero-order chi connectivity index (χ0) is 44.9. The first kappa shape index (κ1) is 46.5. The number of fused-ring (bicyclic) bond motifs is 1. The molecular weight excluding hydrogens is 826 g/mol. The normalized spacial score (nSPS) is 17.8. The number of imidazole rings is 1. The van der Waals surface area contributed by atoms with Crippen LogP contribution in [0.2, 0.25) is 0 Å². The summed E-state index contributed by atoms with van der Waals surface area (Å²) in [4.78, 5) is 14.1. The standard InChI is InChI=1S/C50H60N7O6P/c1-7-14-36(4)56-64(62-43(27-28-51)29-35(2)3)63-44-30-46(57-34-55-47-48(53-33-54-49(47)57)52-31-37-15-10-8-11-16-37)61-45(44)32-60-50(38-17-12-9-13-18-38,39-19-23-41(58-5)24-20-39)40-21-25-42(59-6)26-22-40/h8-13,15-26,33-36,43-46,56H,7,14,27,29-32H2,1-6H3,(H,52,53,54). The van der Waals surface area contributed by atoms with Crippen LogP contribution in [-0.4, -0.2) is 64.7 Å². The zero-order valence-electron chi connectivity index (χ0n) is 37.6. The predicted molar refractivity (Wildman–Crippen MR) is 250 cm³/mol. The average molecular weight is 886 g/mol. The first-order chi connectivity index (χ1) is 31.2. The van der Waals surface area contributed by atoms with Crippen molar-refractivity contribution in [1.29, 1.82) is 5.26 Å². The van der Waals surface area contributed by atoms with Crippen molar-refractivity contribution >= 4 is 25.5 Å². The highest BCUT2D eigenvalue weighted by Gasteiger charge is 2.44. The van der Waals surface area contributed by atoms with Crippen LogP contribution in [0.25, 0.3) is 11.2 Å². The largest absolute Gasteiger partial charge is 0.497 e. The second kappa shape index (κ2) is 22.4. The Morgan fingerprint density at radius 1 is 0.859 bits per heavy atom. The Labute approximate surface area is 378 Å². The van der Waals surface area contributed by atoms with Crippen LogP contribution in [-0.2, 0) is 30.7 Å². The monoisotopic (exact) mass is 885 g/mol. The van der Waals surface area contributed by atoms with Crippen molar-refractivity contribution in [2.24, 2.45) is 5.92 Å². The molecule has 0 bridgehead atoms. The van der Waals surface area contributed by atoms with Crippen LogP contribution >= 0.6 is 8.53 Å². The van der Waals surface area contributed by atoms with E-state index in [9.17, 15) is 5.26 Å². The van der Waals surface area contributed by atoms with Gasteiger partial charge in [-0.15, -0.1) is 0 Å². The number of hydrogen-bond acceptors (Lipinski definition) is 12. The SMILES string of the molecule is CCCC(C)NP(OC(CC#N)CC(C)C)OC1CC(n2cnc3c(NCc4ccccc4)ncnc32)OC1COC(c1ccccc1)(c1ccc(OC)cc1)c1ccc(OC)cc1. The number of benzene rings is 4. The molecule has 2 aromatic heterocycles. The van der Waals surface area contributed by atoms with Crippen molar-refractivity contribution in [3.05, 3.63) is 144 Å². The molecule has 6 aromatic rings. The third-order valence-electron chi connectivity index (χ3n) is 11.4. The second-order valence-corrected chi connectivity index (χ2v) is 17.7. The molecule has 0 aliphatic carbocycles. The van der Waals surface area contributed by atoms with Gasteiger partial charge in [0.1, 0.15) is 35.8 Å². The molecule has 1 aliphatic heterocycles. The summed E-state index contributed by atoms with van der Waals surface area (Å²) in [5.41, 5.74) is 4.03. The third kappa shape index (κ3) is 11.2. The van der Waals surface area contributed by atoms with Gasteiger partial charge in [-0.2, -0.15) is 5.26 Å². The first-order valence-electron chi connectivity index (χ1n) is 22.1. The van der Waals surface area contributed by atoms with E-state index in [2.05, 4.69) is 73.4 Å². The Hall–Kier alpha value is -5.45. The lowest BCUT2D eigenvalue weighted by molar-refractivity contribution is -0.0908. The Balaban J connectivity index is 1.27. The molecule has 4 aromatic carbocycles. The highest BCUT2D eigenvalue weighted by Crippen LogP contribution is 2.47. The Morgan fingerprint density at radius 3 is 2.11 bits per heavy atom. The van der Waals surface area contributed by atoms with Gasteiger partial charge in [-0.1, -0.05) is 112 Å². The smallest absolute Gasteiger partial charge is 0.256 e. The molecule has 1 aliphatic rings. The summed E-state index contributed by atoms with van der Waals surface area (Å²) in [7, 11) is 1.64. The molecule has 64 heavy (non-hydrogen) atoms. The van der Waals surface area contributed by atoms with Gasteiger partial charge in [0, 0.05) is 19.0 Å². The van der Waals surface area contributed by atoms with E-state index in [1.54, 1.807) is 26.9 Å². The first-order valence-corrected chi connectivity index (χ1v) is 23.3. The second-order valence-electron chi connectivity index (χ2n) is 16.5. The molecule has 1 saturated heterocycles. The van der Waals surface area contributed by atoms with Crippen LogP contribution in [0.1, 0.15) is 88.3 Å². The molecule has 336 valence electrons. The molecule has 13 nitrogen and oxygen atoms in total. The summed E-state index contributed by atoms with van der Waals surface area (Å²) in [6.45, 7) is 9.28. The topological polar surface area (TPSA) is 147 Å². The number of rotatable bonds is 23. The number of nitrogens with zero attached hydrogens (tertiary/aromatic N) is 5. The van der Waals surface area contributed by atoms with E-state index in [4.69, 9.17) is 38.0 Å². The summed E-state index contributed by atoms with van der Waals surface area (Å²) >= 11 is 0. The lowest BCUT2D eigenvalue weighted by Gasteiger charge is -2.37. The van der Waals surface area contributed by atoms with Crippen molar-refractivity contribution in [1.82, 2.24) is 24.6 Å². The highest BCUT2D eigenvalue weighted by molar-refractivity contribution is 7.45. The lowest BCUT2D eigenvalue weighted by atomic mass is 9.80. The highest BCUT2D eigenvalue weighted by atomic mass is 31.2. The minimum absolute atomic E-state index is 0.109. The number of anilines is 1. The van der Waals surface area contributed by atoms with Crippen LogP contribution in [0.3, 0.4) is 0 Å². The maximum atomic E-state index is 9.82. The Morgan fingerprint density at radius 2 is 1.50 bits per heavy atom. The van der Waals surface area contributed by atoms with Crippen molar-refractivity contribution in [3.63, 3.8) is 0 Å². The van der Waals surface area contributed by atoms with Gasteiger partial charge in [-0.3, -0.25) is 4.57 Å². The lowest BCUT2D eigenvalue weighted by Crippen LogP contribution is -2.39. The van der Waals surface area contributed by atoms with Gasteiger partial charge in [-0.05, 0) is 72.2 Å². The van der Waals surface area contributed by atoms with Gasteiger partial charge in [0.15, 0.2) is 17.0 Å². The molecule has 3 heterocycles. The molecule has 0 saturated carbocycles. The quantitative estimate of drug-likeness (QED) is 0.0466. The third-order valence-corrected chi connectivity index (χ3v) is 13.0. The summed E-state index contributed by atoms with van der Waals surface area (Å²) in [5, 5.41) is 16.9. The molecule has 6 atom stereocenters. The summed E-state index contributed by atoms with van der Waals surface area (Å²) in [6, 6.07) is 38.8. The number of nitriles is 1. The molecule has 1 fully saturated rings. The molecular formula is C50H60N7O6P. The van der Waals surface area contributed by atoms with E-state index in [1.807, 2.05) is 89.5 Å². The van der Waals surface area contributed by atoms with Crippen molar-refractivity contribution in [2.75, 3.05) is 26.1 Å². The van der Waals surface area contributed by atoms with Gasteiger partial charge in [0.25, 0.3) is 8.53 Å². The van der Waals surface area contributed by atoms with Crippen LogP contribution < -0.4 is 19.9 Å². The number of hydrogen-bond donors (Lipinski definition) is 2. The Bertz CT molecular complexity index is 2330. The van der Waals surface area contributed by atoms with Crippen LogP contribution in [0.5, 0.6) is 11.5 Å². The summed E-state index contributed by atoms with van der Waals surface area (Å²) in [6.07, 6.45) is 4.72. The molecule has 2 N–H and O–H groups in total. The van der Waals surface area contributed by atoms with Gasteiger partial charge >= 0.3 is 0 Å². The van der Waals surface area contributed by atoms with Crippen LogP contribution in [0, 0.1) is 17.2 Å². The van der Waals surface area contributed by atoms with E-state index in [1.165, 1.54) is 0 Å². The fourth-order valence-corrected chi connectivity index (χ4v) is 9.76. The molecule has 7 rings (SSSR count). The van der Waals surface area contributed by atoms with E-state index in [-0.39, 0.29) is 25.2 Å². The van der Waals surface area contributed by atoms with E-state index >= 15 is 0 Å². The molecule has 14 heteroatoms. The van der Waals surface area contributed by atoms with Crippen LogP contribution in [0.4, 0.5) is 5.82 Å². The van der Waals surface area contributed by atoms with E-state index < -0.39 is 32.6 Å². The minimum Gasteiger partial charge on any atom is -0.497 e. The van der Waals surface area contributed by atoms with Crippen LogP contribution in [0.15, 0.2) is 122 Å². The van der Waals surface area contributed by atoms with E-state index in [0.29, 0.717) is 35.9 Å². The van der Waals surface area contributed by atoms with Gasteiger partial charge in [0.2, 0.25) is 0 Å². The van der Waals surface area contributed by atoms with Gasteiger partial charge in [0.05, 0.1) is 51.9 Å². The number of nitrogens with one attached hydrogen (secondary N) is 2. The number of methoxy groups -OCH3 is 2. The van der Waals surface area contributed by atoms with Gasteiger partial charge in [-0.25, -0.2) is 20.0 Å². The molecule has 6 unspecified atom stereocenters. The maximum Gasteiger partial charge on any atom is 0.256 e. The maximum absolute atomic E-state index is 9.82. The zero-order valence-corrected chi connectivity index (χ0v) is 38.5. The fraction of sp³-hybridized carbons (Fsp3) is 0.400. The number of ether oxygens (including phenoxy) is 4. The predicted octanol–water partition coefficient (Wildman–Crippen LogP) is 10.5. The van der Waals surface area contributed by atoms with Crippen molar-refractivity contribution < 1.29 is 28.0 Å². The Kier molecular flexibility index (Phi) is 16.3. The van der Waals surface area contributed by atoms with Crippen molar-refractivity contribution in [3.8, 4) is 17.6 Å². The molecule has 0 radical (unpaired) electrons. The molecule has 0 amide bonds. The minimum atomic E-state index is -1.68. The number of aromatic nitrogens is 4. The summed E-state index contributed by atoms with van der Waals surface area (Å²) in [5.74, 6) is 2.42. The van der Waals surface area contributed by atoms with Crippen molar-refractivity contribution in [2.45, 2.75) is 103 Å². The van der Waals surface area contributed by atoms with Gasteiger partial charge < -0.3 is 33.3 Å². The summed E-state index contributed by atoms with van der Waals surface area (Å²) < 4.78 is 41.5. The van der Waals surface area contributed by atoms with E-state index in [0.717, 1.165) is 53.0 Å². The average Bonchev–Trinajstić information content (AvgIpc) is 3.94. The molecule has 0 spiro atoms. The fourth-order valence-electron chi connectivity index (χ4n) is 8.20.